The molecule has 1 unspecified atom stereocenters. The maximum Gasteiger partial charge on any atom is 0.158 e. The van der Waals surface area contributed by atoms with E-state index < -0.39 is 0 Å². The van der Waals surface area contributed by atoms with Gasteiger partial charge in [-0.25, -0.2) is 0 Å². The zero-order chi connectivity index (χ0) is 7.68. The molecule has 1 heteroatoms. The molecule has 1 fully saturated rings. The van der Waals surface area contributed by atoms with Crippen LogP contribution < -0.4 is 0 Å². The zero-order valence-electron chi connectivity index (χ0n) is 6.81. The van der Waals surface area contributed by atoms with Gasteiger partial charge < -0.3 is 0 Å². The van der Waals surface area contributed by atoms with E-state index in [9.17, 15) is 4.79 Å². The molecule has 0 amide bonds. The standard InChI is InChI=1S/C10H14O/c11-10-7-8-3-1-5-9(10)6-2-4-8/h5,8H,1-4,6-7H2. The summed E-state index contributed by atoms with van der Waals surface area (Å²) in [6.07, 6.45) is 8.97. The first kappa shape index (κ1) is 7.08. The molecular weight excluding hydrogens is 136 g/mol. The fourth-order valence-corrected chi connectivity index (χ4v) is 2.17. The van der Waals surface area contributed by atoms with Crippen molar-refractivity contribution in [1.82, 2.24) is 0 Å². The summed E-state index contributed by atoms with van der Waals surface area (Å²) in [4.78, 5) is 11.4. The van der Waals surface area contributed by atoms with Gasteiger partial charge in [-0.2, -0.15) is 0 Å². The number of rotatable bonds is 0. The summed E-state index contributed by atoms with van der Waals surface area (Å²) in [5, 5.41) is 0. The summed E-state index contributed by atoms with van der Waals surface area (Å²) in [6.45, 7) is 0. The van der Waals surface area contributed by atoms with Crippen LogP contribution in [-0.2, 0) is 4.79 Å². The summed E-state index contributed by atoms with van der Waals surface area (Å²) in [7, 11) is 0. The Bertz CT molecular complexity index is 203. The molecule has 2 aliphatic rings. The molecule has 0 radical (unpaired) electrons. The molecule has 1 nitrogen and oxygen atoms in total. The first-order valence-corrected chi connectivity index (χ1v) is 4.58. The van der Waals surface area contributed by atoms with Crippen LogP contribution in [0.3, 0.4) is 0 Å². The van der Waals surface area contributed by atoms with Crippen LogP contribution in [0.4, 0.5) is 0 Å². The second kappa shape index (κ2) is 2.80. The van der Waals surface area contributed by atoms with Gasteiger partial charge in [0.25, 0.3) is 0 Å². The lowest BCUT2D eigenvalue weighted by molar-refractivity contribution is -0.116. The highest BCUT2D eigenvalue weighted by Gasteiger charge is 2.23. The number of hydrogen-bond donors (Lipinski definition) is 0. The van der Waals surface area contributed by atoms with Crippen molar-refractivity contribution in [2.24, 2.45) is 5.92 Å². The summed E-state index contributed by atoms with van der Waals surface area (Å²) < 4.78 is 0. The van der Waals surface area contributed by atoms with Crippen LogP contribution in [0.1, 0.15) is 38.5 Å². The van der Waals surface area contributed by atoms with Gasteiger partial charge in [0.05, 0.1) is 0 Å². The minimum absolute atomic E-state index is 0.435. The van der Waals surface area contributed by atoms with Crippen molar-refractivity contribution in [3.8, 4) is 0 Å². The van der Waals surface area contributed by atoms with Gasteiger partial charge in [-0.05, 0) is 43.6 Å². The first-order chi connectivity index (χ1) is 5.36. The Kier molecular flexibility index (Phi) is 1.80. The van der Waals surface area contributed by atoms with Gasteiger partial charge >= 0.3 is 0 Å². The largest absolute Gasteiger partial charge is 0.295 e. The highest BCUT2D eigenvalue weighted by molar-refractivity contribution is 5.95. The number of carbonyl (C=O) groups excluding carboxylic acids is 1. The van der Waals surface area contributed by atoms with Gasteiger partial charge in [0.15, 0.2) is 5.78 Å². The van der Waals surface area contributed by atoms with Crippen LogP contribution >= 0.6 is 0 Å². The zero-order valence-corrected chi connectivity index (χ0v) is 6.81. The first-order valence-electron chi connectivity index (χ1n) is 4.58. The molecule has 0 heterocycles. The Morgan fingerprint density at radius 3 is 3.18 bits per heavy atom. The molecule has 2 aliphatic carbocycles. The van der Waals surface area contributed by atoms with Crippen molar-refractivity contribution < 1.29 is 4.79 Å². The Labute approximate surface area is 67.5 Å². The van der Waals surface area contributed by atoms with E-state index in [1.165, 1.54) is 19.3 Å². The van der Waals surface area contributed by atoms with E-state index in [4.69, 9.17) is 0 Å². The molecule has 0 aromatic carbocycles. The fourth-order valence-electron chi connectivity index (χ4n) is 2.17. The fraction of sp³-hybridized carbons (Fsp3) is 0.700. The SMILES string of the molecule is O=C1CC2CCC=C1CCC2. The van der Waals surface area contributed by atoms with E-state index in [2.05, 4.69) is 6.08 Å². The molecule has 60 valence electrons. The number of ketones is 1. The Morgan fingerprint density at radius 1 is 1.36 bits per heavy atom. The van der Waals surface area contributed by atoms with Crippen molar-refractivity contribution in [3.63, 3.8) is 0 Å². The van der Waals surface area contributed by atoms with Crippen molar-refractivity contribution in [3.05, 3.63) is 11.6 Å². The predicted octanol–water partition coefficient (Wildman–Crippen LogP) is 2.47. The lowest BCUT2D eigenvalue weighted by Crippen LogP contribution is -2.03. The van der Waals surface area contributed by atoms with Gasteiger partial charge in [0.1, 0.15) is 0 Å². The van der Waals surface area contributed by atoms with Crippen molar-refractivity contribution >= 4 is 5.78 Å². The van der Waals surface area contributed by atoms with Gasteiger partial charge in [-0.3, -0.25) is 4.79 Å². The average molecular weight is 150 g/mol. The summed E-state index contributed by atoms with van der Waals surface area (Å²) in [5.41, 5.74) is 1.13. The number of allylic oxidation sites excluding steroid dienone is 2. The summed E-state index contributed by atoms with van der Waals surface area (Å²) in [5.74, 6) is 1.14. The minimum atomic E-state index is 0.435. The predicted molar refractivity (Wildman–Crippen MR) is 44.3 cm³/mol. The second-order valence-corrected chi connectivity index (χ2v) is 3.69. The molecule has 0 aromatic rings. The Hall–Kier alpha value is -0.590. The lowest BCUT2D eigenvalue weighted by atomic mass is 9.95. The van der Waals surface area contributed by atoms with Crippen molar-refractivity contribution in [2.75, 3.05) is 0 Å². The molecule has 0 spiro atoms. The Balaban J connectivity index is 2.26. The third-order valence-electron chi connectivity index (χ3n) is 2.86. The maximum absolute atomic E-state index is 11.4. The molecular formula is C10H14O. The normalized spacial score (nSPS) is 31.1. The van der Waals surface area contributed by atoms with Crippen LogP contribution in [0, 0.1) is 5.92 Å². The van der Waals surface area contributed by atoms with E-state index in [1.807, 2.05) is 0 Å². The van der Waals surface area contributed by atoms with E-state index in [1.54, 1.807) is 0 Å². The van der Waals surface area contributed by atoms with E-state index in [-0.39, 0.29) is 0 Å². The summed E-state index contributed by atoms with van der Waals surface area (Å²) >= 11 is 0. The van der Waals surface area contributed by atoms with E-state index in [0.29, 0.717) is 11.7 Å². The molecule has 0 aliphatic heterocycles. The number of carbonyl (C=O) groups is 1. The van der Waals surface area contributed by atoms with Crippen LogP contribution in [-0.4, -0.2) is 5.78 Å². The van der Waals surface area contributed by atoms with Crippen molar-refractivity contribution in [1.29, 1.82) is 0 Å². The van der Waals surface area contributed by atoms with Gasteiger partial charge in [0, 0.05) is 6.42 Å². The van der Waals surface area contributed by atoms with E-state index >= 15 is 0 Å². The van der Waals surface area contributed by atoms with Crippen LogP contribution in [0.2, 0.25) is 0 Å². The third kappa shape index (κ3) is 1.37. The molecule has 11 heavy (non-hydrogen) atoms. The second-order valence-electron chi connectivity index (χ2n) is 3.69. The monoisotopic (exact) mass is 150 g/mol. The van der Waals surface area contributed by atoms with Crippen LogP contribution in [0.25, 0.3) is 0 Å². The molecule has 0 saturated heterocycles. The summed E-state index contributed by atoms with van der Waals surface area (Å²) in [6, 6.07) is 0. The lowest BCUT2D eigenvalue weighted by Gasteiger charge is -2.09. The Morgan fingerprint density at radius 2 is 2.27 bits per heavy atom. The number of fused-ring (bicyclic) bond motifs is 3. The van der Waals surface area contributed by atoms with Gasteiger partial charge in [-0.15, -0.1) is 0 Å². The highest BCUT2D eigenvalue weighted by atomic mass is 16.1. The minimum Gasteiger partial charge on any atom is -0.295 e. The van der Waals surface area contributed by atoms with Gasteiger partial charge in [0.2, 0.25) is 0 Å². The number of Topliss-reactive ketones (excluding diaryl/α,β-unsaturated/α-hetero) is 1. The molecule has 1 atom stereocenters. The number of hydrogen-bond acceptors (Lipinski definition) is 1. The highest BCUT2D eigenvalue weighted by Crippen LogP contribution is 2.31. The van der Waals surface area contributed by atoms with Gasteiger partial charge in [-0.1, -0.05) is 6.08 Å². The maximum atomic E-state index is 11.4. The third-order valence-corrected chi connectivity index (χ3v) is 2.86. The van der Waals surface area contributed by atoms with Crippen molar-refractivity contribution in [2.45, 2.75) is 38.5 Å². The molecule has 0 N–H and O–H groups in total. The molecule has 1 saturated carbocycles. The average Bonchev–Trinajstić information content (AvgIpc) is 2.16. The smallest absolute Gasteiger partial charge is 0.158 e. The topological polar surface area (TPSA) is 17.1 Å². The molecule has 0 aromatic heterocycles. The van der Waals surface area contributed by atoms with Crippen LogP contribution in [0.15, 0.2) is 11.6 Å². The van der Waals surface area contributed by atoms with Crippen LogP contribution in [0.5, 0.6) is 0 Å². The quantitative estimate of drug-likeness (QED) is 0.518. The molecule has 2 rings (SSSR count). The molecule has 2 bridgehead atoms. The van der Waals surface area contributed by atoms with E-state index in [0.717, 1.165) is 24.8 Å².